The molecule has 0 unspecified atom stereocenters. The van der Waals surface area contributed by atoms with Crippen molar-refractivity contribution in [3.05, 3.63) is 0 Å². The molecule has 2 N–H and O–H groups in total. The fourth-order valence-corrected chi connectivity index (χ4v) is 0.716. The van der Waals surface area contributed by atoms with Gasteiger partial charge in [-0.15, -0.1) is 0 Å². The van der Waals surface area contributed by atoms with Crippen LogP contribution in [0.25, 0.3) is 0 Å². The van der Waals surface area contributed by atoms with Crippen LogP contribution >= 0.6 is 0 Å². The number of nitrogens with two attached hydrogens (primary N) is 1. The molecule has 10 heavy (non-hydrogen) atoms. The maximum absolute atomic E-state index is 5.55. The van der Waals surface area contributed by atoms with Crippen molar-refractivity contribution in [1.29, 1.82) is 0 Å². The maximum atomic E-state index is 5.55. The summed E-state index contributed by atoms with van der Waals surface area (Å²) >= 11 is 0. The first kappa shape index (κ1) is 9.92. The van der Waals surface area contributed by atoms with Gasteiger partial charge in [0.05, 0.1) is 0 Å². The minimum atomic E-state index is 0.411. The van der Waals surface area contributed by atoms with Gasteiger partial charge in [0, 0.05) is 19.3 Å². The van der Waals surface area contributed by atoms with Crippen LogP contribution in [0.1, 0.15) is 33.1 Å². The Morgan fingerprint density at radius 2 is 1.70 bits per heavy atom. The van der Waals surface area contributed by atoms with E-state index in [1.807, 2.05) is 0 Å². The van der Waals surface area contributed by atoms with E-state index in [1.54, 1.807) is 0 Å². The normalized spacial score (nSPS) is 19.5. The quantitative estimate of drug-likeness (QED) is 0.561. The highest BCUT2D eigenvalue weighted by molar-refractivity contribution is 4.63. The average molecular weight is 145 g/mol. The monoisotopic (exact) mass is 145 g/mol. The highest BCUT2D eigenvalue weighted by Gasteiger charge is 2.06. The second kappa shape index (κ2) is 7.03. The van der Waals surface area contributed by atoms with Crippen LogP contribution in [0.3, 0.4) is 0 Å². The first-order valence-electron chi connectivity index (χ1n) is 4.14. The molecule has 1 heterocycles. The summed E-state index contributed by atoms with van der Waals surface area (Å²) < 4.78 is 5.06. The standard InChI is InChI=1S/C5H11NO.C3H8/c6-5-1-3-7-4-2-5;1-3-2/h5H,1-4,6H2;3H2,1-2H3. The number of hydrogen-bond acceptors (Lipinski definition) is 2. The molecule has 0 atom stereocenters. The van der Waals surface area contributed by atoms with Crippen molar-refractivity contribution in [2.75, 3.05) is 13.2 Å². The van der Waals surface area contributed by atoms with Gasteiger partial charge in [0.25, 0.3) is 0 Å². The molecule has 1 rings (SSSR count). The lowest BCUT2D eigenvalue weighted by Crippen LogP contribution is -2.28. The SMILES string of the molecule is CCC.NC1CCOCC1. The third kappa shape index (κ3) is 6.05. The fraction of sp³-hybridized carbons (Fsp3) is 1.00. The molecule has 0 aromatic carbocycles. The first-order valence-corrected chi connectivity index (χ1v) is 4.14. The predicted octanol–water partition coefficient (Wildman–Crippen LogP) is 1.54. The predicted molar refractivity (Wildman–Crippen MR) is 44.0 cm³/mol. The summed E-state index contributed by atoms with van der Waals surface area (Å²) in [6.45, 7) is 5.97. The van der Waals surface area contributed by atoms with Crippen molar-refractivity contribution < 1.29 is 4.74 Å². The van der Waals surface area contributed by atoms with E-state index >= 15 is 0 Å². The molecule has 62 valence electrons. The average Bonchev–Trinajstić information content (AvgIpc) is 1.91. The summed E-state index contributed by atoms with van der Waals surface area (Å²) in [6, 6.07) is 0.411. The highest BCUT2D eigenvalue weighted by Crippen LogP contribution is 2.01. The van der Waals surface area contributed by atoms with Gasteiger partial charge >= 0.3 is 0 Å². The van der Waals surface area contributed by atoms with Gasteiger partial charge in [-0.3, -0.25) is 0 Å². The topological polar surface area (TPSA) is 35.2 Å². The fourth-order valence-electron chi connectivity index (χ4n) is 0.716. The number of hydrogen-bond donors (Lipinski definition) is 1. The molecule has 0 aromatic rings. The molecule has 0 radical (unpaired) electrons. The van der Waals surface area contributed by atoms with Gasteiger partial charge in [-0.25, -0.2) is 0 Å². The van der Waals surface area contributed by atoms with Gasteiger partial charge < -0.3 is 10.5 Å². The van der Waals surface area contributed by atoms with E-state index in [0.29, 0.717) is 6.04 Å². The Morgan fingerprint density at radius 3 is 1.90 bits per heavy atom. The second-order valence-electron chi connectivity index (χ2n) is 2.66. The summed E-state index contributed by atoms with van der Waals surface area (Å²) in [6.07, 6.45) is 3.33. The summed E-state index contributed by atoms with van der Waals surface area (Å²) in [5.74, 6) is 0. The van der Waals surface area contributed by atoms with Crippen molar-refractivity contribution in [3.8, 4) is 0 Å². The number of ether oxygens (including phenoxy) is 1. The van der Waals surface area contributed by atoms with E-state index in [2.05, 4.69) is 13.8 Å². The molecule has 0 spiro atoms. The third-order valence-electron chi connectivity index (χ3n) is 1.27. The first-order chi connectivity index (χ1) is 4.81. The second-order valence-corrected chi connectivity index (χ2v) is 2.66. The van der Waals surface area contributed by atoms with Gasteiger partial charge in [-0.2, -0.15) is 0 Å². The van der Waals surface area contributed by atoms with E-state index in [4.69, 9.17) is 10.5 Å². The molecule has 2 nitrogen and oxygen atoms in total. The van der Waals surface area contributed by atoms with Crippen molar-refractivity contribution >= 4 is 0 Å². The summed E-state index contributed by atoms with van der Waals surface area (Å²) in [7, 11) is 0. The molecular formula is C8H19NO. The number of rotatable bonds is 0. The smallest absolute Gasteiger partial charge is 0.0480 e. The lowest BCUT2D eigenvalue weighted by molar-refractivity contribution is 0.0866. The lowest BCUT2D eigenvalue weighted by Gasteiger charge is -2.16. The molecule has 1 fully saturated rings. The van der Waals surface area contributed by atoms with Gasteiger partial charge in [0.2, 0.25) is 0 Å². The zero-order chi connectivity index (χ0) is 7.82. The Hall–Kier alpha value is -0.0800. The minimum Gasteiger partial charge on any atom is -0.381 e. The molecule has 1 aliphatic rings. The van der Waals surface area contributed by atoms with Crippen molar-refractivity contribution in [2.45, 2.75) is 39.2 Å². The van der Waals surface area contributed by atoms with Crippen molar-refractivity contribution in [2.24, 2.45) is 5.73 Å². The van der Waals surface area contributed by atoms with E-state index < -0.39 is 0 Å². The zero-order valence-electron chi connectivity index (χ0n) is 7.10. The van der Waals surface area contributed by atoms with Crippen LogP contribution in [0, 0.1) is 0 Å². The minimum absolute atomic E-state index is 0.411. The Labute approximate surface area is 63.7 Å². The largest absolute Gasteiger partial charge is 0.381 e. The third-order valence-corrected chi connectivity index (χ3v) is 1.27. The Kier molecular flexibility index (Phi) is 6.98. The van der Waals surface area contributed by atoms with Gasteiger partial charge in [0.1, 0.15) is 0 Å². The highest BCUT2D eigenvalue weighted by atomic mass is 16.5. The summed E-state index contributed by atoms with van der Waals surface area (Å²) in [5, 5.41) is 0. The molecule has 0 bridgehead atoms. The molecule has 1 saturated heterocycles. The van der Waals surface area contributed by atoms with Crippen LogP contribution in [0.2, 0.25) is 0 Å². The summed E-state index contributed by atoms with van der Waals surface area (Å²) in [4.78, 5) is 0. The van der Waals surface area contributed by atoms with E-state index in [9.17, 15) is 0 Å². The zero-order valence-corrected chi connectivity index (χ0v) is 7.10. The molecule has 0 aliphatic carbocycles. The van der Waals surface area contributed by atoms with Gasteiger partial charge in [-0.1, -0.05) is 20.3 Å². The molecule has 0 amide bonds. The molecule has 0 saturated carbocycles. The van der Waals surface area contributed by atoms with Crippen LogP contribution in [0.5, 0.6) is 0 Å². The molecular weight excluding hydrogens is 126 g/mol. The van der Waals surface area contributed by atoms with Crippen LogP contribution in [-0.2, 0) is 4.74 Å². The van der Waals surface area contributed by atoms with Crippen molar-refractivity contribution in [3.63, 3.8) is 0 Å². The van der Waals surface area contributed by atoms with Crippen molar-refractivity contribution in [1.82, 2.24) is 0 Å². The molecule has 1 aliphatic heterocycles. The van der Waals surface area contributed by atoms with Crippen LogP contribution < -0.4 is 5.73 Å². The van der Waals surface area contributed by atoms with Crippen LogP contribution in [0.15, 0.2) is 0 Å². The Morgan fingerprint density at radius 1 is 1.30 bits per heavy atom. The molecule has 2 heteroatoms. The lowest BCUT2D eigenvalue weighted by atomic mass is 10.1. The van der Waals surface area contributed by atoms with E-state index in [1.165, 1.54) is 6.42 Å². The molecule has 0 aromatic heterocycles. The van der Waals surface area contributed by atoms with Crippen LogP contribution in [0.4, 0.5) is 0 Å². The maximum Gasteiger partial charge on any atom is 0.0480 e. The van der Waals surface area contributed by atoms with E-state index in [-0.39, 0.29) is 0 Å². The van der Waals surface area contributed by atoms with Gasteiger partial charge in [-0.05, 0) is 12.8 Å². The Balaban J connectivity index is 0.000000236. The Bertz CT molecular complexity index is 60.3. The summed E-state index contributed by atoms with van der Waals surface area (Å²) in [5.41, 5.74) is 5.55. The van der Waals surface area contributed by atoms with Gasteiger partial charge in [0.15, 0.2) is 0 Å². The van der Waals surface area contributed by atoms with Crippen LogP contribution in [-0.4, -0.2) is 19.3 Å². The van der Waals surface area contributed by atoms with E-state index in [0.717, 1.165) is 26.1 Å².